The Balaban J connectivity index is 2.47. The average molecular weight is 252 g/mol. The minimum Gasteiger partial charge on any atom is -0.403 e. The third-order valence-corrected chi connectivity index (χ3v) is 2.69. The Hall–Kier alpha value is -2.27. The maximum absolute atomic E-state index is 11.8. The van der Waals surface area contributed by atoms with Gasteiger partial charge in [0.15, 0.2) is 0 Å². The lowest BCUT2D eigenvalue weighted by Gasteiger charge is -2.19. The fraction of sp³-hybridized carbons (Fsp3) is 0.500. The number of nitrogens with zero attached hydrogens (tertiary/aromatic N) is 2. The SMILES string of the molecule is N#CC1CCCN1C(=O)CNC(=O)/C(=C/N)NN. The molecule has 0 spiro atoms. The predicted molar refractivity (Wildman–Crippen MR) is 63.0 cm³/mol. The molecule has 1 atom stereocenters. The molecular weight excluding hydrogens is 236 g/mol. The van der Waals surface area contributed by atoms with Gasteiger partial charge in [-0.25, -0.2) is 0 Å². The van der Waals surface area contributed by atoms with Crippen LogP contribution in [-0.4, -0.2) is 35.8 Å². The van der Waals surface area contributed by atoms with E-state index in [1.807, 2.05) is 0 Å². The van der Waals surface area contributed by atoms with Crippen LogP contribution in [0.2, 0.25) is 0 Å². The summed E-state index contributed by atoms with van der Waals surface area (Å²) in [5, 5.41) is 11.2. The Kier molecular flexibility index (Phi) is 4.95. The van der Waals surface area contributed by atoms with Crippen LogP contribution in [0.15, 0.2) is 11.9 Å². The van der Waals surface area contributed by atoms with E-state index >= 15 is 0 Å². The summed E-state index contributed by atoms with van der Waals surface area (Å²) < 4.78 is 0. The summed E-state index contributed by atoms with van der Waals surface area (Å²) in [5.74, 6) is 4.20. The largest absolute Gasteiger partial charge is 0.403 e. The summed E-state index contributed by atoms with van der Waals surface area (Å²) in [5.41, 5.74) is 7.24. The number of hydrazine groups is 1. The van der Waals surface area contributed by atoms with Gasteiger partial charge in [0.25, 0.3) is 5.91 Å². The molecule has 1 aliphatic heterocycles. The van der Waals surface area contributed by atoms with E-state index in [4.69, 9.17) is 16.8 Å². The Bertz CT molecular complexity index is 400. The highest BCUT2D eigenvalue weighted by atomic mass is 16.2. The normalized spacial score (nSPS) is 19.2. The Labute approximate surface area is 105 Å². The van der Waals surface area contributed by atoms with Crippen LogP contribution < -0.4 is 22.3 Å². The number of carbonyl (C=O) groups is 2. The first kappa shape index (κ1) is 13.8. The quantitative estimate of drug-likeness (QED) is 0.256. The second-order valence-electron chi connectivity index (χ2n) is 3.78. The van der Waals surface area contributed by atoms with Crippen LogP contribution in [0.4, 0.5) is 0 Å². The molecule has 18 heavy (non-hydrogen) atoms. The molecule has 0 aromatic heterocycles. The molecule has 98 valence electrons. The van der Waals surface area contributed by atoms with E-state index in [0.717, 1.165) is 12.6 Å². The van der Waals surface area contributed by atoms with Crippen molar-refractivity contribution < 1.29 is 9.59 Å². The zero-order valence-electron chi connectivity index (χ0n) is 9.85. The highest BCUT2D eigenvalue weighted by molar-refractivity contribution is 5.95. The van der Waals surface area contributed by atoms with Gasteiger partial charge in [-0.15, -0.1) is 0 Å². The van der Waals surface area contributed by atoms with Crippen molar-refractivity contribution in [3.8, 4) is 6.07 Å². The number of nitrogens with one attached hydrogen (secondary N) is 2. The average Bonchev–Trinajstić information content (AvgIpc) is 2.85. The van der Waals surface area contributed by atoms with Gasteiger partial charge in [-0.05, 0) is 12.8 Å². The number of hydrogen-bond donors (Lipinski definition) is 4. The molecule has 8 heteroatoms. The van der Waals surface area contributed by atoms with Crippen LogP contribution in [-0.2, 0) is 9.59 Å². The second kappa shape index (κ2) is 6.46. The molecule has 1 unspecified atom stereocenters. The van der Waals surface area contributed by atoms with Crippen molar-refractivity contribution in [1.29, 1.82) is 5.26 Å². The lowest BCUT2D eigenvalue weighted by molar-refractivity contribution is -0.132. The Morgan fingerprint density at radius 2 is 2.28 bits per heavy atom. The van der Waals surface area contributed by atoms with E-state index in [1.54, 1.807) is 0 Å². The molecule has 6 N–H and O–H groups in total. The summed E-state index contributed by atoms with van der Waals surface area (Å²) in [4.78, 5) is 24.7. The molecule has 1 rings (SSSR count). The molecule has 0 aromatic rings. The molecule has 1 saturated heterocycles. The smallest absolute Gasteiger partial charge is 0.270 e. The second-order valence-corrected chi connectivity index (χ2v) is 3.78. The highest BCUT2D eigenvalue weighted by Crippen LogP contribution is 2.15. The van der Waals surface area contributed by atoms with Crippen molar-refractivity contribution in [2.24, 2.45) is 11.6 Å². The van der Waals surface area contributed by atoms with Crippen LogP contribution in [0.3, 0.4) is 0 Å². The number of carbonyl (C=O) groups excluding carboxylic acids is 2. The van der Waals surface area contributed by atoms with E-state index in [-0.39, 0.29) is 18.1 Å². The number of likely N-dealkylation sites (tertiary alicyclic amines) is 1. The van der Waals surface area contributed by atoms with Crippen molar-refractivity contribution in [1.82, 2.24) is 15.6 Å². The number of nitriles is 1. The summed E-state index contributed by atoms with van der Waals surface area (Å²) in [6.45, 7) is 0.359. The number of rotatable bonds is 4. The fourth-order valence-corrected chi connectivity index (χ4v) is 1.74. The molecule has 0 aliphatic carbocycles. The highest BCUT2D eigenvalue weighted by Gasteiger charge is 2.28. The van der Waals surface area contributed by atoms with Crippen LogP contribution in [0, 0.1) is 11.3 Å². The molecule has 0 saturated carbocycles. The number of amides is 2. The van der Waals surface area contributed by atoms with Crippen molar-refractivity contribution in [3.05, 3.63) is 11.9 Å². The Morgan fingerprint density at radius 3 is 2.83 bits per heavy atom. The first-order valence-electron chi connectivity index (χ1n) is 5.49. The lowest BCUT2D eigenvalue weighted by Crippen LogP contribution is -2.44. The number of nitrogens with two attached hydrogens (primary N) is 2. The molecule has 2 amide bonds. The monoisotopic (exact) mass is 252 g/mol. The van der Waals surface area contributed by atoms with Gasteiger partial charge in [0, 0.05) is 12.7 Å². The predicted octanol–water partition coefficient (Wildman–Crippen LogP) is -2.12. The number of hydrogen-bond acceptors (Lipinski definition) is 6. The van der Waals surface area contributed by atoms with Gasteiger partial charge in [-0.2, -0.15) is 5.26 Å². The maximum atomic E-state index is 11.8. The maximum Gasteiger partial charge on any atom is 0.270 e. The van der Waals surface area contributed by atoms with Crippen molar-refractivity contribution in [2.75, 3.05) is 13.1 Å². The van der Waals surface area contributed by atoms with Gasteiger partial charge in [-0.1, -0.05) is 0 Å². The van der Waals surface area contributed by atoms with Gasteiger partial charge < -0.3 is 21.4 Å². The molecule has 0 aromatic carbocycles. The summed E-state index contributed by atoms with van der Waals surface area (Å²) in [7, 11) is 0. The lowest BCUT2D eigenvalue weighted by atomic mass is 10.2. The van der Waals surface area contributed by atoms with Gasteiger partial charge in [0.1, 0.15) is 11.7 Å². The van der Waals surface area contributed by atoms with Gasteiger partial charge in [-0.3, -0.25) is 15.4 Å². The van der Waals surface area contributed by atoms with Crippen LogP contribution >= 0.6 is 0 Å². The standard InChI is InChI=1S/C10H16N6O2/c11-4-7-2-1-3-16(7)9(17)6-14-10(18)8(5-12)15-13/h5,7,15H,1-3,6,12-13H2,(H,14,18)/b8-5-. The summed E-state index contributed by atoms with van der Waals surface area (Å²) in [6, 6.07) is 1.66. The molecule has 0 radical (unpaired) electrons. The fourth-order valence-electron chi connectivity index (χ4n) is 1.74. The van der Waals surface area contributed by atoms with Crippen LogP contribution in [0.5, 0.6) is 0 Å². The minimum atomic E-state index is -0.568. The first-order chi connectivity index (χ1) is 8.63. The van der Waals surface area contributed by atoms with Gasteiger partial charge in [0.2, 0.25) is 5.91 Å². The van der Waals surface area contributed by atoms with Crippen molar-refractivity contribution >= 4 is 11.8 Å². The van der Waals surface area contributed by atoms with Crippen molar-refractivity contribution in [3.63, 3.8) is 0 Å². The zero-order chi connectivity index (χ0) is 13.5. The van der Waals surface area contributed by atoms with Crippen LogP contribution in [0.1, 0.15) is 12.8 Å². The summed E-state index contributed by atoms with van der Waals surface area (Å²) >= 11 is 0. The van der Waals surface area contributed by atoms with Crippen molar-refractivity contribution in [2.45, 2.75) is 18.9 Å². The molecule has 1 heterocycles. The van der Waals surface area contributed by atoms with Gasteiger partial charge in [0.05, 0.1) is 12.6 Å². The molecule has 1 fully saturated rings. The van der Waals surface area contributed by atoms with E-state index in [0.29, 0.717) is 13.0 Å². The van der Waals surface area contributed by atoms with Gasteiger partial charge >= 0.3 is 0 Å². The minimum absolute atomic E-state index is 0.0268. The topological polar surface area (TPSA) is 137 Å². The van der Waals surface area contributed by atoms with E-state index < -0.39 is 11.9 Å². The Morgan fingerprint density at radius 1 is 1.56 bits per heavy atom. The molecule has 0 bridgehead atoms. The zero-order valence-corrected chi connectivity index (χ0v) is 9.85. The third-order valence-electron chi connectivity index (χ3n) is 2.69. The van der Waals surface area contributed by atoms with E-state index in [2.05, 4.69) is 16.8 Å². The van der Waals surface area contributed by atoms with E-state index in [9.17, 15) is 9.59 Å². The summed E-state index contributed by atoms with van der Waals surface area (Å²) in [6.07, 6.45) is 2.48. The molecular formula is C10H16N6O2. The van der Waals surface area contributed by atoms with Crippen LogP contribution in [0.25, 0.3) is 0 Å². The first-order valence-corrected chi connectivity index (χ1v) is 5.49. The van der Waals surface area contributed by atoms with E-state index in [1.165, 1.54) is 4.90 Å². The molecule has 8 nitrogen and oxygen atoms in total. The molecule has 1 aliphatic rings. The third kappa shape index (κ3) is 3.11.